The number of methoxy groups -OCH3 is 4. The summed E-state index contributed by atoms with van der Waals surface area (Å²) in [6.45, 7) is 0.461. The second-order valence-corrected chi connectivity index (χ2v) is 4.97. The second-order valence-electron chi connectivity index (χ2n) is 4.97. The molecule has 0 saturated heterocycles. The van der Waals surface area contributed by atoms with E-state index in [0.29, 0.717) is 24.5 Å². The third-order valence-electron chi connectivity index (χ3n) is 3.89. The van der Waals surface area contributed by atoms with Crippen molar-refractivity contribution in [3.63, 3.8) is 0 Å². The molecule has 0 N–H and O–H groups in total. The first kappa shape index (κ1) is 14.7. The molecule has 20 heavy (non-hydrogen) atoms. The molecule has 1 fully saturated rings. The lowest BCUT2D eigenvalue weighted by Gasteiger charge is -2.18. The summed E-state index contributed by atoms with van der Waals surface area (Å²) in [5.41, 5.74) is 0.634. The van der Waals surface area contributed by atoms with E-state index in [4.69, 9.17) is 18.9 Å². The number of rotatable bonds is 6. The fourth-order valence-electron chi connectivity index (χ4n) is 2.67. The van der Waals surface area contributed by atoms with E-state index in [-0.39, 0.29) is 17.3 Å². The third kappa shape index (κ3) is 2.45. The Morgan fingerprint density at radius 1 is 1.15 bits per heavy atom. The largest absolute Gasteiger partial charge is 0.497 e. The summed E-state index contributed by atoms with van der Waals surface area (Å²) in [5.74, 6) is 1.02. The Morgan fingerprint density at radius 2 is 1.75 bits per heavy atom. The highest BCUT2D eigenvalue weighted by atomic mass is 16.5. The average Bonchev–Trinajstić information content (AvgIpc) is 3.22. The van der Waals surface area contributed by atoms with Gasteiger partial charge in [0.15, 0.2) is 0 Å². The fraction of sp³-hybridized carbons (Fsp3) is 0.533. The number of benzene rings is 1. The van der Waals surface area contributed by atoms with E-state index < -0.39 is 0 Å². The van der Waals surface area contributed by atoms with Crippen LogP contribution in [0.1, 0.15) is 12.0 Å². The van der Waals surface area contributed by atoms with Gasteiger partial charge in [0.2, 0.25) is 0 Å². The molecule has 2 atom stereocenters. The Labute approximate surface area is 118 Å². The molecule has 110 valence electrons. The van der Waals surface area contributed by atoms with Gasteiger partial charge in [-0.25, -0.2) is 0 Å². The van der Waals surface area contributed by atoms with Gasteiger partial charge < -0.3 is 18.9 Å². The molecular formula is C15H20O5. The van der Waals surface area contributed by atoms with Crippen LogP contribution in [0.3, 0.4) is 0 Å². The van der Waals surface area contributed by atoms with Crippen LogP contribution in [0.4, 0.5) is 0 Å². The third-order valence-corrected chi connectivity index (χ3v) is 3.89. The quantitative estimate of drug-likeness (QED) is 0.743. The average molecular weight is 280 g/mol. The lowest BCUT2D eigenvalue weighted by molar-refractivity contribution is -0.142. The molecule has 0 amide bonds. The van der Waals surface area contributed by atoms with Crippen molar-refractivity contribution in [3.8, 4) is 11.5 Å². The molecule has 1 aliphatic rings. The van der Waals surface area contributed by atoms with Crippen molar-refractivity contribution in [3.05, 3.63) is 23.8 Å². The van der Waals surface area contributed by atoms with E-state index in [0.717, 1.165) is 5.56 Å². The van der Waals surface area contributed by atoms with E-state index >= 15 is 0 Å². The zero-order chi connectivity index (χ0) is 14.8. The first-order valence-corrected chi connectivity index (χ1v) is 6.41. The lowest BCUT2D eigenvalue weighted by Crippen LogP contribution is -2.21. The molecule has 2 rings (SSSR count). The highest BCUT2D eigenvalue weighted by molar-refractivity contribution is 5.79. The minimum atomic E-state index is -0.344. The fourth-order valence-corrected chi connectivity index (χ4v) is 2.67. The van der Waals surface area contributed by atoms with Crippen LogP contribution in [-0.2, 0) is 19.7 Å². The van der Waals surface area contributed by atoms with Crippen molar-refractivity contribution in [1.82, 2.24) is 0 Å². The van der Waals surface area contributed by atoms with Crippen LogP contribution >= 0.6 is 0 Å². The van der Waals surface area contributed by atoms with Gasteiger partial charge in [0.05, 0.1) is 33.9 Å². The number of carbonyl (C=O) groups is 1. The van der Waals surface area contributed by atoms with Crippen LogP contribution in [-0.4, -0.2) is 41.0 Å². The molecule has 5 nitrogen and oxygen atoms in total. The van der Waals surface area contributed by atoms with Gasteiger partial charge >= 0.3 is 5.97 Å². The molecule has 0 radical (unpaired) electrons. The Balaban J connectivity index is 2.38. The number of hydrogen-bond donors (Lipinski definition) is 0. The minimum absolute atomic E-state index is 0.177. The number of ether oxygens (including phenoxy) is 4. The van der Waals surface area contributed by atoms with Gasteiger partial charge in [0.25, 0.3) is 0 Å². The van der Waals surface area contributed by atoms with E-state index in [2.05, 4.69) is 0 Å². The summed E-state index contributed by atoms with van der Waals surface area (Å²) < 4.78 is 20.7. The van der Waals surface area contributed by atoms with Crippen LogP contribution in [0.15, 0.2) is 18.2 Å². The maximum absolute atomic E-state index is 11.8. The zero-order valence-corrected chi connectivity index (χ0v) is 12.3. The van der Waals surface area contributed by atoms with Crippen LogP contribution in [0, 0.1) is 5.92 Å². The van der Waals surface area contributed by atoms with Crippen molar-refractivity contribution in [2.75, 3.05) is 35.0 Å². The molecule has 1 aliphatic carbocycles. The highest BCUT2D eigenvalue weighted by Gasteiger charge is 2.60. The SMILES string of the molecule is COCC1(c2cc(OC)cc(OC)c2)CC1C(=O)OC. The molecule has 0 heterocycles. The summed E-state index contributed by atoms with van der Waals surface area (Å²) in [7, 11) is 6.24. The Kier molecular flexibility index (Phi) is 4.18. The van der Waals surface area contributed by atoms with Crippen LogP contribution in [0.2, 0.25) is 0 Å². The van der Waals surface area contributed by atoms with E-state index in [9.17, 15) is 4.79 Å². The zero-order valence-electron chi connectivity index (χ0n) is 12.3. The maximum Gasteiger partial charge on any atom is 0.309 e. The summed E-state index contributed by atoms with van der Waals surface area (Å²) in [4.78, 5) is 11.8. The molecule has 0 spiro atoms. The number of carbonyl (C=O) groups excluding carboxylic acids is 1. The molecule has 1 saturated carbocycles. The predicted octanol–water partition coefficient (Wildman–Crippen LogP) is 1.78. The van der Waals surface area contributed by atoms with E-state index in [1.165, 1.54) is 7.11 Å². The standard InChI is InChI=1S/C15H20O5/c1-17-9-15(8-13(15)14(16)20-4)10-5-11(18-2)7-12(6-10)19-3/h5-7,13H,8-9H2,1-4H3. The molecule has 0 aromatic heterocycles. The van der Waals surface area contributed by atoms with Gasteiger partial charge in [0, 0.05) is 18.6 Å². The molecular weight excluding hydrogens is 260 g/mol. The topological polar surface area (TPSA) is 54.0 Å². The van der Waals surface area contributed by atoms with Gasteiger partial charge in [-0.2, -0.15) is 0 Å². The molecule has 2 unspecified atom stereocenters. The first-order valence-electron chi connectivity index (χ1n) is 6.41. The predicted molar refractivity (Wildman–Crippen MR) is 73.2 cm³/mol. The Hall–Kier alpha value is -1.75. The van der Waals surface area contributed by atoms with Crippen LogP contribution in [0.5, 0.6) is 11.5 Å². The van der Waals surface area contributed by atoms with Crippen molar-refractivity contribution < 1.29 is 23.7 Å². The molecule has 1 aromatic rings. The van der Waals surface area contributed by atoms with Crippen molar-refractivity contribution >= 4 is 5.97 Å². The monoisotopic (exact) mass is 280 g/mol. The Morgan fingerprint density at radius 3 is 2.20 bits per heavy atom. The summed E-state index contributed by atoms with van der Waals surface area (Å²) in [6, 6.07) is 5.65. The molecule has 0 bridgehead atoms. The molecule has 5 heteroatoms. The normalized spacial score (nSPS) is 24.1. The number of esters is 1. The van der Waals surface area contributed by atoms with Gasteiger partial charge in [-0.1, -0.05) is 0 Å². The van der Waals surface area contributed by atoms with E-state index in [1.54, 1.807) is 27.4 Å². The van der Waals surface area contributed by atoms with Crippen molar-refractivity contribution in [2.24, 2.45) is 5.92 Å². The van der Waals surface area contributed by atoms with Gasteiger partial charge in [-0.15, -0.1) is 0 Å². The number of hydrogen-bond acceptors (Lipinski definition) is 5. The van der Waals surface area contributed by atoms with Crippen molar-refractivity contribution in [2.45, 2.75) is 11.8 Å². The van der Waals surface area contributed by atoms with Gasteiger partial charge in [0.1, 0.15) is 11.5 Å². The Bertz CT molecular complexity index is 477. The summed E-state index contributed by atoms with van der Waals surface area (Å²) >= 11 is 0. The summed E-state index contributed by atoms with van der Waals surface area (Å²) in [6.07, 6.45) is 0.712. The smallest absolute Gasteiger partial charge is 0.309 e. The van der Waals surface area contributed by atoms with Gasteiger partial charge in [-0.3, -0.25) is 4.79 Å². The molecule has 1 aromatic carbocycles. The molecule has 0 aliphatic heterocycles. The minimum Gasteiger partial charge on any atom is -0.497 e. The van der Waals surface area contributed by atoms with E-state index in [1.807, 2.05) is 12.1 Å². The lowest BCUT2D eigenvalue weighted by atomic mass is 9.93. The highest BCUT2D eigenvalue weighted by Crippen LogP contribution is 2.56. The maximum atomic E-state index is 11.8. The van der Waals surface area contributed by atoms with Crippen molar-refractivity contribution in [1.29, 1.82) is 0 Å². The first-order chi connectivity index (χ1) is 9.61. The van der Waals surface area contributed by atoms with Crippen LogP contribution < -0.4 is 9.47 Å². The van der Waals surface area contributed by atoms with Crippen LogP contribution in [0.25, 0.3) is 0 Å². The summed E-state index contributed by atoms with van der Waals surface area (Å²) in [5, 5.41) is 0. The second kappa shape index (κ2) is 5.71. The van der Waals surface area contributed by atoms with Gasteiger partial charge in [-0.05, 0) is 24.1 Å².